The third-order valence-corrected chi connectivity index (χ3v) is 4.45. The number of benzene rings is 2. The minimum absolute atomic E-state index is 0.307. The van der Waals surface area contributed by atoms with E-state index < -0.39 is 15.6 Å². The first kappa shape index (κ1) is 14.9. The van der Waals surface area contributed by atoms with E-state index in [9.17, 15) is 21.6 Å². The summed E-state index contributed by atoms with van der Waals surface area (Å²) in [4.78, 5) is 0. The minimum Gasteiger partial charge on any atom is -0.375 e. The van der Waals surface area contributed by atoms with Crippen molar-refractivity contribution in [1.82, 2.24) is 0 Å². The fourth-order valence-electron chi connectivity index (χ4n) is 2.50. The molecular formula is C15H11F3O3S. The van der Waals surface area contributed by atoms with Gasteiger partial charge >= 0.3 is 15.6 Å². The average Bonchev–Trinajstić information content (AvgIpc) is 2.45. The molecule has 2 aromatic carbocycles. The van der Waals surface area contributed by atoms with Crippen LogP contribution in [-0.4, -0.2) is 13.9 Å². The van der Waals surface area contributed by atoms with Crippen LogP contribution in [0.25, 0.3) is 16.8 Å². The maximum Gasteiger partial charge on any atom is 0.534 e. The van der Waals surface area contributed by atoms with Gasteiger partial charge in [-0.15, -0.1) is 0 Å². The highest BCUT2D eigenvalue weighted by Gasteiger charge is 2.48. The Hall–Kier alpha value is -2.02. The van der Waals surface area contributed by atoms with E-state index in [2.05, 4.69) is 4.18 Å². The predicted octanol–water partition coefficient (Wildman–Crippen LogP) is 4.03. The maximum atomic E-state index is 12.5. The molecule has 0 bridgehead atoms. The van der Waals surface area contributed by atoms with Gasteiger partial charge in [0.15, 0.2) is 5.75 Å². The molecule has 0 spiro atoms. The van der Waals surface area contributed by atoms with Crippen LogP contribution in [0.2, 0.25) is 0 Å². The second kappa shape index (κ2) is 5.01. The summed E-state index contributed by atoms with van der Waals surface area (Å²) in [6.07, 6.45) is 5.27. The molecular weight excluding hydrogens is 317 g/mol. The van der Waals surface area contributed by atoms with E-state index in [4.69, 9.17) is 0 Å². The molecule has 0 radical (unpaired) electrons. The molecule has 1 aliphatic rings. The number of rotatable bonds is 2. The fraction of sp³-hybridized carbons (Fsp3) is 0.200. The van der Waals surface area contributed by atoms with Gasteiger partial charge in [-0.2, -0.15) is 21.6 Å². The first-order valence-corrected chi connectivity index (χ1v) is 7.92. The Labute approximate surface area is 125 Å². The third-order valence-electron chi connectivity index (χ3n) is 3.49. The highest BCUT2D eigenvalue weighted by atomic mass is 32.2. The number of fused-ring (bicyclic) bond motifs is 3. The molecule has 0 amide bonds. The summed E-state index contributed by atoms with van der Waals surface area (Å²) >= 11 is 0. The summed E-state index contributed by atoms with van der Waals surface area (Å²) in [6.45, 7) is 0. The monoisotopic (exact) mass is 328 g/mol. The van der Waals surface area contributed by atoms with Gasteiger partial charge in [0.1, 0.15) is 0 Å². The van der Waals surface area contributed by atoms with Crippen molar-refractivity contribution in [3.8, 4) is 5.75 Å². The van der Waals surface area contributed by atoms with E-state index in [1.54, 1.807) is 18.2 Å². The summed E-state index contributed by atoms with van der Waals surface area (Å²) in [5, 5.41) is 1.00. The van der Waals surface area contributed by atoms with E-state index in [1.165, 1.54) is 12.1 Å². The smallest absolute Gasteiger partial charge is 0.375 e. The number of hydrogen-bond acceptors (Lipinski definition) is 3. The number of allylic oxidation sites excluding steroid dienone is 1. The predicted molar refractivity (Wildman–Crippen MR) is 76.9 cm³/mol. The lowest BCUT2D eigenvalue weighted by atomic mass is 9.92. The summed E-state index contributed by atoms with van der Waals surface area (Å²) in [6, 6.07) is 8.03. The highest BCUT2D eigenvalue weighted by Crippen LogP contribution is 2.36. The lowest BCUT2D eigenvalue weighted by Crippen LogP contribution is -2.28. The van der Waals surface area contributed by atoms with Crippen LogP contribution < -0.4 is 4.18 Å². The zero-order valence-corrected chi connectivity index (χ0v) is 12.0. The van der Waals surface area contributed by atoms with Crippen LogP contribution >= 0.6 is 0 Å². The molecule has 0 aliphatic heterocycles. The Balaban J connectivity index is 2.22. The number of alkyl halides is 3. The van der Waals surface area contributed by atoms with Gasteiger partial charge in [0.05, 0.1) is 0 Å². The van der Waals surface area contributed by atoms with Crippen LogP contribution in [0.1, 0.15) is 17.5 Å². The first-order chi connectivity index (χ1) is 10.3. The van der Waals surface area contributed by atoms with Gasteiger partial charge in [-0.05, 0) is 35.4 Å². The molecule has 0 atom stereocenters. The molecule has 0 unspecified atom stereocenters. The second-order valence-corrected chi connectivity index (χ2v) is 6.45. The molecule has 0 fully saturated rings. The van der Waals surface area contributed by atoms with E-state index in [-0.39, 0.29) is 5.75 Å². The maximum absolute atomic E-state index is 12.5. The van der Waals surface area contributed by atoms with Gasteiger partial charge in [-0.1, -0.05) is 36.4 Å². The molecule has 3 rings (SSSR count). The third kappa shape index (κ3) is 2.45. The first-order valence-electron chi connectivity index (χ1n) is 6.51. The SMILES string of the molecule is O=S(=O)(Oc1cccc2ccc3c(c12)C=CCC3)C(F)(F)F. The van der Waals surface area contributed by atoms with Crippen molar-refractivity contribution in [3.63, 3.8) is 0 Å². The van der Waals surface area contributed by atoms with E-state index in [0.717, 1.165) is 18.4 Å². The van der Waals surface area contributed by atoms with Crippen LogP contribution in [0.15, 0.2) is 36.4 Å². The van der Waals surface area contributed by atoms with Crippen molar-refractivity contribution >= 4 is 27.0 Å². The molecule has 0 aromatic heterocycles. The van der Waals surface area contributed by atoms with Crippen LogP contribution in [-0.2, 0) is 16.5 Å². The Morgan fingerprint density at radius 1 is 1.09 bits per heavy atom. The van der Waals surface area contributed by atoms with Crippen LogP contribution in [0.4, 0.5) is 13.2 Å². The van der Waals surface area contributed by atoms with Crippen molar-refractivity contribution in [2.24, 2.45) is 0 Å². The van der Waals surface area contributed by atoms with Crippen molar-refractivity contribution in [2.75, 3.05) is 0 Å². The quantitative estimate of drug-likeness (QED) is 0.617. The van der Waals surface area contributed by atoms with Crippen molar-refractivity contribution in [1.29, 1.82) is 0 Å². The fourth-order valence-corrected chi connectivity index (χ4v) is 2.97. The second-order valence-electron chi connectivity index (χ2n) is 4.92. The molecule has 22 heavy (non-hydrogen) atoms. The molecule has 2 aromatic rings. The van der Waals surface area contributed by atoms with Crippen LogP contribution in [0.3, 0.4) is 0 Å². The molecule has 0 saturated carbocycles. The lowest BCUT2D eigenvalue weighted by Gasteiger charge is -2.17. The van der Waals surface area contributed by atoms with Crippen molar-refractivity contribution in [3.05, 3.63) is 47.5 Å². The van der Waals surface area contributed by atoms with Crippen LogP contribution in [0, 0.1) is 0 Å². The average molecular weight is 328 g/mol. The Kier molecular flexibility index (Phi) is 3.40. The molecule has 1 aliphatic carbocycles. The van der Waals surface area contributed by atoms with Gasteiger partial charge < -0.3 is 4.18 Å². The topological polar surface area (TPSA) is 43.4 Å². The zero-order chi connectivity index (χ0) is 16.0. The Bertz CT molecular complexity index is 867. The zero-order valence-electron chi connectivity index (χ0n) is 11.2. The van der Waals surface area contributed by atoms with Gasteiger partial charge in [0.25, 0.3) is 0 Å². The van der Waals surface area contributed by atoms with Gasteiger partial charge in [-0.3, -0.25) is 0 Å². The van der Waals surface area contributed by atoms with E-state index in [1.807, 2.05) is 12.1 Å². The highest BCUT2D eigenvalue weighted by molar-refractivity contribution is 7.88. The minimum atomic E-state index is -5.69. The van der Waals surface area contributed by atoms with Gasteiger partial charge in [-0.25, -0.2) is 0 Å². The van der Waals surface area contributed by atoms with Gasteiger partial charge in [0, 0.05) is 5.39 Å². The van der Waals surface area contributed by atoms with E-state index in [0.29, 0.717) is 16.3 Å². The number of halogens is 3. The number of hydrogen-bond donors (Lipinski definition) is 0. The van der Waals surface area contributed by atoms with Gasteiger partial charge in [0.2, 0.25) is 0 Å². The molecule has 0 saturated heterocycles. The van der Waals surface area contributed by atoms with Crippen molar-refractivity contribution < 1.29 is 25.8 Å². The largest absolute Gasteiger partial charge is 0.534 e. The Morgan fingerprint density at radius 3 is 2.59 bits per heavy atom. The molecule has 0 N–H and O–H groups in total. The molecule has 116 valence electrons. The normalized spacial score (nSPS) is 14.9. The summed E-state index contributed by atoms with van der Waals surface area (Å²) in [7, 11) is -5.69. The van der Waals surface area contributed by atoms with Crippen LogP contribution in [0.5, 0.6) is 5.75 Å². The Morgan fingerprint density at radius 2 is 1.86 bits per heavy atom. The molecule has 3 nitrogen and oxygen atoms in total. The standard InChI is InChI=1S/C15H11F3O3S/c16-15(17,18)22(19,20)21-13-7-3-5-11-9-8-10-4-1-2-6-12(10)14(11)13/h2-3,5-9H,1,4H2. The summed E-state index contributed by atoms with van der Waals surface area (Å²) < 4.78 is 64.5. The van der Waals surface area contributed by atoms with Crippen molar-refractivity contribution in [2.45, 2.75) is 18.3 Å². The molecule has 0 heterocycles. The lowest BCUT2D eigenvalue weighted by molar-refractivity contribution is -0.0499. The summed E-state index contributed by atoms with van der Waals surface area (Å²) in [5.74, 6) is -0.307. The van der Waals surface area contributed by atoms with E-state index >= 15 is 0 Å². The number of aryl methyl sites for hydroxylation is 1. The molecule has 7 heteroatoms. The summed E-state index contributed by atoms with van der Waals surface area (Å²) in [5.41, 5.74) is -3.80.